The van der Waals surface area contributed by atoms with E-state index in [4.69, 9.17) is 18.9 Å². The largest absolute Gasteiger partial charge is 0.507 e. The van der Waals surface area contributed by atoms with Crippen LogP contribution in [0.3, 0.4) is 0 Å². The lowest BCUT2D eigenvalue weighted by atomic mass is 9.84. The van der Waals surface area contributed by atoms with Gasteiger partial charge in [-0.1, -0.05) is 0 Å². The highest BCUT2D eigenvalue weighted by atomic mass is 16.5. The molecule has 0 bridgehead atoms. The first kappa shape index (κ1) is 18.9. The lowest BCUT2D eigenvalue weighted by molar-refractivity contribution is 0.0191. The number of ether oxygens (including phenoxy) is 4. The third kappa shape index (κ3) is 2.97. The number of benzene rings is 2. The third-order valence-corrected chi connectivity index (χ3v) is 5.94. The van der Waals surface area contributed by atoms with Crippen LogP contribution in [0.4, 0.5) is 0 Å². The minimum absolute atomic E-state index is 0.0149. The van der Waals surface area contributed by atoms with E-state index in [-0.39, 0.29) is 29.8 Å². The van der Waals surface area contributed by atoms with Crippen molar-refractivity contribution in [3.63, 3.8) is 0 Å². The third-order valence-electron chi connectivity index (χ3n) is 5.94. The normalized spacial score (nSPS) is 26.3. The zero-order chi connectivity index (χ0) is 20.0. The van der Waals surface area contributed by atoms with Crippen molar-refractivity contribution in [2.24, 2.45) is 11.8 Å². The van der Waals surface area contributed by atoms with E-state index in [0.717, 1.165) is 22.3 Å². The van der Waals surface area contributed by atoms with Crippen molar-refractivity contribution in [2.75, 3.05) is 27.4 Å². The zero-order valence-electron chi connectivity index (χ0n) is 16.6. The van der Waals surface area contributed by atoms with Gasteiger partial charge in [-0.15, -0.1) is 0 Å². The summed E-state index contributed by atoms with van der Waals surface area (Å²) in [6, 6.07) is 7.59. The van der Waals surface area contributed by atoms with Crippen molar-refractivity contribution >= 4 is 0 Å². The lowest BCUT2D eigenvalue weighted by Crippen LogP contribution is -2.15. The Bertz CT molecular complexity index is 845. The van der Waals surface area contributed by atoms with Crippen molar-refractivity contribution in [3.8, 4) is 23.0 Å². The average molecular weight is 386 g/mol. The number of aromatic hydroxyl groups is 2. The van der Waals surface area contributed by atoms with Gasteiger partial charge in [-0.3, -0.25) is 0 Å². The molecule has 0 amide bonds. The molecule has 2 heterocycles. The molecule has 6 heteroatoms. The van der Waals surface area contributed by atoms with Crippen molar-refractivity contribution < 1.29 is 29.2 Å². The van der Waals surface area contributed by atoms with Crippen LogP contribution in [0, 0.1) is 25.7 Å². The van der Waals surface area contributed by atoms with Gasteiger partial charge in [0.25, 0.3) is 0 Å². The van der Waals surface area contributed by atoms with Crippen LogP contribution in [0.15, 0.2) is 24.3 Å². The van der Waals surface area contributed by atoms with Crippen LogP contribution in [0.25, 0.3) is 0 Å². The van der Waals surface area contributed by atoms with Crippen LogP contribution in [0.1, 0.15) is 34.5 Å². The lowest BCUT2D eigenvalue weighted by Gasteiger charge is -2.19. The Labute approximate surface area is 164 Å². The van der Waals surface area contributed by atoms with E-state index in [1.54, 1.807) is 12.1 Å². The first-order chi connectivity index (χ1) is 13.4. The van der Waals surface area contributed by atoms with Gasteiger partial charge in [0.2, 0.25) is 5.75 Å². The highest BCUT2D eigenvalue weighted by molar-refractivity contribution is 5.53. The number of phenolic OH excluding ortho intramolecular Hbond substituents is 2. The summed E-state index contributed by atoms with van der Waals surface area (Å²) < 4.78 is 22.9. The fraction of sp³-hybridized carbons (Fsp3) is 0.455. The van der Waals surface area contributed by atoms with Crippen molar-refractivity contribution in [1.29, 1.82) is 0 Å². The van der Waals surface area contributed by atoms with E-state index in [1.807, 2.05) is 26.0 Å². The summed E-state index contributed by atoms with van der Waals surface area (Å²) in [6.07, 6.45) is -0.216. The molecule has 150 valence electrons. The molecular formula is C22H26O6. The number of methoxy groups -OCH3 is 2. The molecule has 0 aliphatic carbocycles. The Morgan fingerprint density at radius 2 is 1.18 bits per heavy atom. The molecule has 4 atom stereocenters. The van der Waals surface area contributed by atoms with Gasteiger partial charge < -0.3 is 29.2 Å². The van der Waals surface area contributed by atoms with E-state index < -0.39 is 0 Å². The second kappa shape index (κ2) is 7.18. The van der Waals surface area contributed by atoms with E-state index >= 15 is 0 Å². The Morgan fingerprint density at radius 3 is 1.61 bits per heavy atom. The summed E-state index contributed by atoms with van der Waals surface area (Å²) in [5.74, 6) is 1.46. The maximum atomic E-state index is 10.2. The molecule has 4 rings (SSSR count). The molecule has 2 aromatic carbocycles. The summed E-state index contributed by atoms with van der Waals surface area (Å²) >= 11 is 0. The molecule has 2 aliphatic heterocycles. The first-order valence-electron chi connectivity index (χ1n) is 9.42. The first-order valence-corrected chi connectivity index (χ1v) is 9.42. The number of phenols is 2. The van der Waals surface area contributed by atoms with Crippen LogP contribution >= 0.6 is 0 Å². The monoisotopic (exact) mass is 386 g/mol. The summed E-state index contributed by atoms with van der Waals surface area (Å²) in [5, 5.41) is 20.2. The SMILES string of the molecule is COc1cc(C2OC[C@@H]3C(c4cc(C)c(O)c(C)c4)OCC23)cc(OC)c1O. The summed E-state index contributed by atoms with van der Waals surface area (Å²) in [7, 11) is 3.03. The number of rotatable bonds is 4. The topological polar surface area (TPSA) is 77.4 Å². The van der Waals surface area contributed by atoms with Crippen molar-refractivity contribution in [3.05, 3.63) is 46.5 Å². The van der Waals surface area contributed by atoms with E-state index in [9.17, 15) is 10.2 Å². The van der Waals surface area contributed by atoms with Gasteiger partial charge in [0.1, 0.15) is 5.75 Å². The predicted octanol–water partition coefficient (Wildman–Crippen LogP) is 3.81. The van der Waals surface area contributed by atoms with E-state index in [1.165, 1.54) is 14.2 Å². The second-order valence-corrected chi connectivity index (χ2v) is 7.61. The van der Waals surface area contributed by atoms with Gasteiger partial charge >= 0.3 is 0 Å². The van der Waals surface area contributed by atoms with Gasteiger partial charge in [-0.2, -0.15) is 0 Å². The molecular weight excluding hydrogens is 360 g/mol. The quantitative estimate of drug-likeness (QED) is 0.832. The van der Waals surface area contributed by atoms with Crippen LogP contribution < -0.4 is 9.47 Å². The Balaban J connectivity index is 1.63. The van der Waals surface area contributed by atoms with Gasteiger partial charge in [0.15, 0.2) is 11.5 Å². The molecule has 2 saturated heterocycles. The van der Waals surface area contributed by atoms with Gasteiger partial charge in [-0.05, 0) is 60.4 Å². The molecule has 2 N–H and O–H groups in total. The summed E-state index contributed by atoms with van der Waals surface area (Å²) in [5.41, 5.74) is 3.68. The van der Waals surface area contributed by atoms with Gasteiger partial charge in [0.05, 0.1) is 39.6 Å². The number of fused-ring (bicyclic) bond motifs is 1. The fourth-order valence-corrected chi connectivity index (χ4v) is 4.47. The maximum absolute atomic E-state index is 10.2. The minimum atomic E-state index is -0.155. The van der Waals surface area contributed by atoms with E-state index in [0.29, 0.717) is 30.5 Å². The molecule has 2 fully saturated rings. The maximum Gasteiger partial charge on any atom is 0.200 e. The van der Waals surface area contributed by atoms with Crippen molar-refractivity contribution in [1.82, 2.24) is 0 Å². The minimum Gasteiger partial charge on any atom is -0.507 e. The highest BCUT2D eigenvalue weighted by Gasteiger charge is 2.48. The molecule has 6 nitrogen and oxygen atoms in total. The molecule has 0 radical (unpaired) electrons. The molecule has 0 saturated carbocycles. The summed E-state index contributed by atoms with van der Waals surface area (Å²) in [6.45, 7) is 4.98. The van der Waals surface area contributed by atoms with Crippen LogP contribution in [-0.4, -0.2) is 37.6 Å². The zero-order valence-corrected chi connectivity index (χ0v) is 16.6. The predicted molar refractivity (Wildman–Crippen MR) is 103 cm³/mol. The fourth-order valence-electron chi connectivity index (χ4n) is 4.47. The van der Waals surface area contributed by atoms with Crippen molar-refractivity contribution in [2.45, 2.75) is 26.1 Å². The second-order valence-electron chi connectivity index (χ2n) is 7.61. The van der Waals surface area contributed by atoms with Gasteiger partial charge in [-0.25, -0.2) is 0 Å². The Morgan fingerprint density at radius 1 is 0.750 bits per heavy atom. The molecule has 28 heavy (non-hydrogen) atoms. The highest BCUT2D eigenvalue weighted by Crippen LogP contribution is 2.52. The summed E-state index contributed by atoms with van der Waals surface area (Å²) in [4.78, 5) is 0. The number of hydrogen-bond donors (Lipinski definition) is 2. The standard InChI is InChI=1S/C22H26O6/c1-11-5-13(6-12(2)19(11)23)21-15-9-28-22(16(15)10-27-21)14-7-17(25-3)20(24)18(8-14)26-4/h5-8,15-16,21-24H,9-10H2,1-4H3/t15-,16?,21?,22?/m0/s1. The Kier molecular flexibility index (Phi) is 4.85. The average Bonchev–Trinajstić information content (AvgIpc) is 3.28. The van der Waals surface area contributed by atoms with Crippen LogP contribution in [-0.2, 0) is 9.47 Å². The number of aryl methyl sites for hydroxylation is 2. The molecule has 2 aliphatic rings. The number of hydrogen-bond acceptors (Lipinski definition) is 6. The van der Waals surface area contributed by atoms with Gasteiger partial charge in [0, 0.05) is 11.8 Å². The molecule has 2 aromatic rings. The molecule has 0 aromatic heterocycles. The smallest absolute Gasteiger partial charge is 0.200 e. The Hall–Kier alpha value is -2.44. The molecule has 0 spiro atoms. The van der Waals surface area contributed by atoms with Crippen LogP contribution in [0.5, 0.6) is 23.0 Å². The van der Waals surface area contributed by atoms with Crippen LogP contribution in [0.2, 0.25) is 0 Å². The van der Waals surface area contributed by atoms with E-state index in [2.05, 4.69) is 0 Å². The molecule has 3 unspecified atom stereocenters.